The Bertz CT molecular complexity index is 1120. The van der Waals surface area contributed by atoms with E-state index < -0.39 is 58.3 Å². The summed E-state index contributed by atoms with van der Waals surface area (Å²) in [5.41, 5.74) is -5.22. The maximum atomic E-state index is 12.7. The summed E-state index contributed by atoms with van der Waals surface area (Å²) in [7, 11) is -8.22. The zero-order valence-corrected chi connectivity index (χ0v) is 17.1. The van der Waals surface area contributed by atoms with Crippen molar-refractivity contribution in [1.29, 1.82) is 0 Å². The van der Waals surface area contributed by atoms with E-state index in [9.17, 15) is 40.7 Å². The maximum Gasteiger partial charge on any atom is 0.501 e. The largest absolute Gasteiger partial charge is 0.501 e. The number of carbonyl (C=O) groups excluding carboxylic acids is 1. The molecule has 0 heterocycles. The Morgan fingerprint density at radius 3 is 2.20 bits per heavy atom. The first kappa shape index (κ1) is 23.5. The van der Waals surface area contributed by atoms with E-state index in [1.807, 2.05) is 6.07 Å². The second-order valence-corrected chi connectivity index (χ2v) is 9.48. The molecule has 1 atom stereocenters. The molecule has 162 valence electrons. The standard InChI is InChI=1S/C17H14F3NO7S2/c1-10-5-11(2)7-12(6-10)28-16(22)9-29(25)15-4-3-13(8-14(15)21(23)24)30(26,27)17(18,19)20/h3-8H,9H2,1-2H3. The van der Waals surface area contributed by atoms with Gasteiger partial charge in [-0.05, 0) is 49.2 Å². The van der Waals surface area contributed by atoms with Crippen LogP contribution in [-0.4, -0.2) is 34.8 Å². The van der Waals surface area contributed by atoms with Crippen molar-refractivity contribution in [3.8, 4) is 5.75 Å². The highest BCUT2D eigenvalue weighted by molar-refractivity contribution is 7.92. The van der Waals surface area contributed by atoms with Crippen LogP contribution in [0.4, 0.5) is 18.9 Å². The highest BCUT2D eigenvalue weighted by Gasteiger charge is 2.47. The van der Waals surface area contributed by atoms with Gasteiger partial charge in [0.1, 0.15) is 16.4 Å². The number of halogens is 3. The van der Waals surface area contributed by atoms with E-state index >= 15 is 0 Å². The van der Waals surface area contributed by atoms with Gasteiger partial charge in [-0.2, -0.15) is 13.2 Å². The van der Waals surface area contributed by atoms with Crippen molar-refractivity contribution >= 4 is 32.3 Å². The Kier molecular flexibility index (Phi) is 6.67. The third-order valence-corrected chi connectivity index (χ3v) is 6.48. The first-order chi connectivity index (χ1) is 13.7. The van der Waals surface area contributed by atoms with E-state index in [0.29, 0.717) is 12.1 Å². The molecule has 0 aliphatic rings. The van der Waals surface area contributed by atoms with Gasteiger partial charge in [-0.3, -0.25) is 19.1 Å². The van der Waals surface area contributed by atoms with Crippen molar-refractivity contribution in [3.05, 3.63) is 57.6 Å². The smallest absolute Gasteiger partial charge is 0.426 e. The zero-order valence-electron chi connectivity index (χ0n) is 15.4. The quantitative estimate of drug-likeness (QED) is 0.278. The molecular formula is C17H14F3NO7S2. The van der Waals surface area contributed by atoms with Gasteiger partial charge in [0, 0.05) is 6.07 Å². The third kappa shape index (κ3) is 5.21. The summed E-state index contributed by atoms with van der Waals surface area (Å²) < 4.78 is 78.3. The van der Waals surface area contributed by atoms with Crippen LogP contribution in [-0.2, 0) is 25.4 Å². The number of nitrogens with zero attached hydrogens (tertiary/aromatic N) is 1. The molecule has 2 aromatic rings. The van der Waals surface area contributed by atoms with Crippen molar-refractivity contribution < 1.29 is 40.3 Å². The van der Waals surface area contributed by atoms with Crippen molar-refractivity contribution in [2.75, 3.05) is 5.75 Å². The molecule has 0 aromatic heterocycles. The predicted octanol–water partition coefficient (Wildman–Crippen LogP) is 3.22. The second kappa shape index (κ2) is 8.52. The Morgan fingerprint density at radius 2 is 1.70 bits per heavy atom. The summed E-state index contributed by atoms with van der Waals surface area (Å²) in [6.07, 6.45) is 0. The number of carbonyl (C=O) groups is 1. The average molecular weight is 465 g/mol. The molecule has 0 bridgehead atoms. The fourth-order valence-corrected chi connectivity index (χ4v) is 4.27. The van der Waals surface area contributed by atoms with E-state index in [1.54, 1.807) is 13.8 Å². The molecule has 8 nitrogen and oxygen atoms in total. The van der Waals surface area contributed by atoms with Gasteiger partial charge in [0.2, 0.25) is 0 Å². The molecule has 0 aliphatic carbocycles. The molecule has 2 aromatic carbocycles. The number of rotatable bonds is 6. The SMILES string of the molecule is Cc1cc(C)cc(OC(=O)CS(=O)c2ccc(S(=O)(=O)C(F)(F)F)cc2[N+](=O)[O-])c1. The summed E-state index contributed by atoms with van der Waals surface area (Å²) >= 11 is 0. The minimum Gasteiger partial charge on any atom is -0.426 e. The summed E-state index contributed by atoms with van der Waals surface area (Å²) in [6.45, 7) is 3.50. The lowest BCUT2D eigenvalue weighted by atomic mass is 10.1. The van der Waals surface area contributed by atoms with Gasteiger partial charge in [0.15, 0.2) is 0 Å². The highest BCUT2D eigenvalue weighted by Crippen LogP contribution is 2.34. The number of benzene rings is 2. The van der Waals surface area contributed by atoms with Crippen LogP contribution >= 0.6 is 0 Å². The first-order valence-electron chi connectivity index (χ1n) is 7.99. The third-order valence-electron chi connectivity index (χ3n) is 3.66. The maximum absolute atomic E-state index is 12.7. The molecule has 1 unspecified atom stereocenters. The van der Waals surface area contributed by atoms with Gasteiger partial charge in [0.05, 0.1) is 20.6 Å². The Labute approximate surface area is 171 Å². The van der Waals surface area contributed by atoms with Gasteiger partial charge in [-0.25, -0.2) is 8.42 Å². The molecule has 0 fully saturated rings. The number of aryl methyl sites for hydroxylation is 2. The molecule has 0 saturated heterocycles. The Hall–Kier alpha value is -2.80. The number of alkyl halides is 3. The number of nitro groups is 1. The fraction of sp³-hybridized carbons (Fsp3) is 0.235. The molecular weight excluding hydrogens is 451 g/mol. The summed E-state index contributed by atoms with van der Waals surface area (Å²) in [4.78, 5) is 20.0. The van der Waals surface area contributed by atoms with E-state index in [2.05, 4.69) is 0 Å². The lowest BCUT2D eigenvalue weighted by Gasteiger charge is -2.10. The molecule has 0 aliphatic heterocycles. The molecule has 0 N–H and O–H groups in total. The van der Waals surface area contributed by atoms with Crippen molar-refractivity contribution in [1.82, 2.24) is 0 Å². The number of esters is 1. The van der Waals surface area contributed by atoms with Crippen LogP contribution in [0.15, 0.2) is 46.2 Å². The zero-order chi connectivity index (χ0) is 22.9. The topological polar surface area (TPSA) is 121 Å². The number of hydrogen-bond acceptors (Lipinski definition) is 7. The van der Waals surface area contributed by atoms with Gasteiger partial charge in [0.25, 0.3) is 15.5 Å². The van der Waals surface area contributed by atoms with Gasteiger partial charge < -0.3 is 4.74 Å². The van der Waals surface area contributed by atoms with Crippen molar-refractivity contribution in [3.63, 3.8) is 0 Å². The van der Waals surface area contributed by atoms with Gasteiger partial charge in [-0.1, -0.05) is 6.07 Å². The van der Waals surface area contributed by atoms with Crippen molar-refractivity contribution in [2.24, 2.45) is 0 Å². The van der Waals surface area contributed by atoms with E-state index in [1.165, 1.54) is 12.1 Å². The van der Waals surface area contributed by atoms with Crippen LogP contribution in [0.5, 0.6) is 5.75 Å². The van der Waals surface area contributed by atoms with Crippen LogP contribution in [0.2, 0.25) is 0 Å². The van der Waals surface area contributed by atoms with E-state index in [4.69, 9.17) is 4.74 Å². The lowest BCUT2D eigenvalue weighted by molar-refractivity contribution is -0.388. The minimum absolute atomic E-state index is 0.158. The lowest BCUT2D eigenvalue weighted by Crippen LogP contribution is -2.23. The van der Waals surface area contributed by atoms with Gasteiger partial charge in [-0.15, -0.1) is 0 Å². The fourth-order valence-electron chi connectivity index (χ4n) is 2.47. The first-order valence-corrected chi connectivity index (χ1v) is 10.8. The van der Waals surface area contributed by atoms with Crippen LogP contribution in [0, 0.1) is 24.0 Å². The molecule has 0 radical (unpaired) electrons. The predicted molar refractivity (Wildman–Crippen MR) is 99.2 cm³/mol. The molecule has 13 heteroatoms. The number of hydrogen-bond donors (Lipinski definition) is 0. The van der Waals surface area contributed by atoms with Crippen LogP contribution in [0.3, 0.4) is 0 Å². The second-order valence-electron chi connectivity index (χ2n) is 6.12. The molecule has 2 rings (SSSR count). The summed E-state index contributed by atoms with van der Waals surface area (Å²) in [6, 6.07) is 6.09. The van der Waals surface area contributed by atoms with E-state index in [0.717, 1.165) is 11.1 Å². The van der Waals surface area contributed by atoms with Crippen LogP contribution in [0.25, 0.3) is 0 Å². The van der Waals surface area contributed by atoms with Gasteiger partial charge >= 0.3 is 11.5 Å². The monoisotopic (exact) mass is 465 g/mol. The summed E-state index contributed by atoms with van der Waals surface area (Å²) in [5.74, 6) is -1.67. The number of sulfone groups is 1. The average Bonchev–Trinajstić information content (AvgIpc) is 2.58. The Balaban J connectivity index is 2.31. The normalized spacial score (nSPS) is 13.0. The molecule has 30 heavy (non-hydrogen) atoms. The van der Waals surface area contributed by atoms with Crippen LogP contribution < -0.4 is 4.74 Å². The molecule has 0 saturated carbocycles. The number of ether oxygens (including phenoxy) is 1. The molecule has 0 spiro atoms. The summed E-state index contributed by atoms with van der Waals surface area (Å²) in [5, 5.41) is 11.2. The highest BCUT2D eigenvalue weighted by atomic mass is 32.2. The minimum atomic E-state index is -5.84. The van der Waals surface area contributed by atoms with Crippen molar-refractivity contribution in [2.45, 2.75) is 29.1 Å². The number of nitro benzene ring substituents is 1. The Morgan fingerprint density at radius 1 is 1.13 bits per heavy atom. The van der Waals surface area contributed by atoms with E-state index in [-0.39, 0.29) is 11.8 Å². The van der Waals surface area contributed by atoms with Crippen LogP contribution in [0.1, 0.15) is 11.1 Å². The molecule has 0 amide bonds.